The molecule has 0 spiro atoms. The van der Waals surface area contributed by atoms with Gasteiger partial charge in [-0.3, -0.25) is 14.4 Å². The van der Waals surface area contributed by atoms with Crippen LogP contribution in [0.25, 0.3) is 10.4 Å². The Morgan fingerprint density at radius 3 is 2.47 bits per heavy atom. The predicted octanol–water partition coefficient (Wildman–Crippen LogP) is 3.20. The number of rotatable bonds is 7. The maximum atomic E-state index is 13.6. The fraction of sp³-hybridized carbons (Fsp3) is 0.538. The molecule has 36 heavy (non-hydrogen) atoms. The molecule has 10 heteroatoms. The van der Waals surface area contributed by atoms with E-state index in [1.165, 1.54) is 4.90 Å². The van der Waals surface area contributed by atoms with Gasteiger partial charge in [0.05, 0.1) is 22.2 Å². The van der Waals surface area contributed by atoms with Gasteiger partial charge in [0.2, 0.25) is 17.7 Å². The third-order valence-corrected chi connectivity index (χ3v) is 9.32. The lowest BCUT2D eigenvalue weighted by atomic mass is 9.85. The molecule has 0 radical (unpaired) electrons. The normalized spacial score (nSPS) is 21.7. The molecule has 194 valence electrons. The molecule has 1 aromatic heterocycles. The van der Waals surface area contributed by atoms with E-state index in [9.17, 15) is 19.5 Å². The lowest BCUT2D eigenvalue weighted by molar-refractivity contribution is -0.144. The van der Waals surface area contributed by atoms with Gasteiger partial charge in [-0.25, -0.2) is 4.98 Å². The van der Waals surface area contributed by atoms with Crippen molar-refractivity contribution in [2.75, 3.05) is 6.54 Å². The van der Waals surface area contributed by atoms with Gasteiger partial charge in [0.1, 0.15) is 15.5 Å². The first-order chi connectivity index (χ1) is 16.9. The number of hydrogen-bond donors (Lipinski definition) is 3. The van der Waals surface area contributed by atoms with Gasteiger partial charge >= 0.3 is 0 Å². The maximum absolute atomic E-state index is 13.6. The highest BCUT2D eigenvalue weighted by Crippen LogP contribution is 2.45. The van der Waals surface area contributed by atoms with Crippen molar-refractivity contribution in [3.63, 3.8) is 0 Å². The van der Waals surface area contributed by atoms with Gasteiger partial charge in [-0.15, -0.1) is 11.3 Å². The molecule has 0 bridgehead atoms. The number of likely N-dealkylation sites (tertiary alicyclic amines) is 1. The van der Waals surface area contributed by atoms with E-state index in [1.54, 1.807) is 11.3 Å². The third kappa shape index (κ3) is 5.91. The van der Waals surface area contributed by atoms with Gasteiger partial charge in [-0.05, 0) is 36.3 Å². The van der Waals surface area contributed by atoms with Gasteiger partial charge in [0.15, 0.2) is 0 Å². The number of β-amino-alcohol motifs (C(OH)–C–C–N with tert-alkyl or cyclic N) is 1. The van der Waals surface area contributed by atoms with Gasteiger partial charge < -0.3 is 20.6 Å². The molecule has 2 fully saturated rings. The summed E-state index contributed by atoms with van der Waals surface area (Å²) in [5, 5.41) is 16.2. The van der Waals surface area contributed by atoms with Crippen LogP contribution in [0.4, 0.5) is 0 Å². The summed E-state index contributed by atoms with van der Waals surface area (Å²) in [5.74, 6) is -0.791. The Morgan fingerprint density at radius 1 is 1.25 bits per heavy atom. The van der Waals surface area contributed by atoms with E-state index in [1.807, 2.05) is 57.5 Å². The number of carbonyl (C=O) groups excluding carboxylic acids is 3. The van der Waals surface area contributed by atoms with Crippen molar-refractivity contribution in [2.24, 2.45) is 5.41 Å². The average Bonchev–Trinajstić information content (AvgIpc) is 3.23. The van der Waals surface area contributed by atoms with Gasteiger partial charge in [-0.1, -0.05) is 67.6 Å². The number of nitrogens with zero attached hydrogens (tertiary/aromatic N) is 2. The highest BCUT2D eigenvalue weighted by molar-refractivity contribution is 14.1. The topological polar surface area (TPSA) is 112 Å². The smallest absolute Gasteiger partial charge is 0.246 e. The van der Waals surface area contributed by atoms with Crippen molar-refractivity contribution in [3.05, 3.63) is 41.0 Å². The van der Waals surface area contributed by atoms with Crippen molar-refractivity contribution >= 4 is 51.6 Å². The molecule has 1 saturated heterocycles. The maximum Gasteiger partial charge on any atom is 0.246 e. The Labute approximate surface area is 229 Å². The fourth-order valence-corrected chi connectivity index (χ4v) is 5.61. The molecule has 2 aliphatic rings. The molecule has 2 heterocycles. The van der Waals surface area contributed by atoms with Gasteiger partial charge in [0, 0.05) is 19.5 Å². The summed E-state index contributed by atoms with van der Waals surface area (Å²) in [6.45, 7) is 8.03. The first kappa shape index (κ1) is 27.0. The van der Waals surface area contributed by atoms with E-state index in [2.05, 4.69) is 38.2 Å². The van der Waals surface area contributed by atoms with Crippen LogP contribution in [0, 0.1) is 12.3 Å². The number of aromatic nitrogens is 1. The number of hydrogen-bond acceptors (Lipinski definition) is 6. The Kier molecular flexibility index (Phi) is 7.78. The molecule has 3 atom stereocenters. The molecule has 0 unspecified atom stereocenters. The highest BCUT2D eigenvalue weighted by Gasteiger charge is 2.50. The van der Waals surface area contributed by atoms with Crippen molar-refractivity contribution in [3.8, 4) is 10.4 Å². The third-order valence-electron chi connectivity index (χ3n) is 6.78. The van der Waals surface area contributed by atoms with Crippen LogP contribution in [-0.4, -0.2) is 60.9 Å². The Hall–Kier alpha value is -2.05. The van der Waals surface area contributed by atoms with Crippen molar-refractivity contribution in [1.82, 2.24) is 20.5 Å². The van der Waals surface area contributed by atoms with E-state index >= 15 is 0 Å². The largest absolute Gasteiger partial charge is 0.391 e. The SMILES string of the molecule is Cc1ncsc1-c1ccc(CNC(=O)[C@@H]2C[C@@H](O)CN2C(=O)[C@@H](NC(=O)C2(I)CC2)C(C)(C)C)cc1. The lowest BCUT2D eigenvalue weighted by Crippen LogP contribution is -2.58. The van der Waals surface area contributed by atoms with Crippen LogP contribution in [-0.2, 0) is 20.9 Å². The van der Waals surface area contributed by atoms with Crippen LogP contribution in [0.3, 0.4) is 0 Å². The van der Waals surface area contributed by atoms with E-state index in [4.69, 9.17) is 0 Å². The zero-order valence-electron chi connectivity index (χ0n) is 21.0. The zero-order valence-corrected chi connectivity index (χ0v) is 24.0. The van der Waals surface area contributed by atoms with Crippen LogP contribution in [0.15, 0.2) is 29.8 Å². The number of nitrogens with one attached hydrogen (secondary N) is 2. The number of aliphatic hydroxyl groups is 1. The minimum Gasteiger partial charge on any atom is -0.391 e. The summed E-state index contributed by atoms with van der Waals surface area (Å²) in [6, 6.07) is 6.36. The first-order valence-electron chi connectivity index (χ1n) is 12.1. The van der Waals surface area contributed by atoms with E-state index in [0.29, 0.717) is 6.54 Å². The van der Waals surface area contributed by atoms with Gasteiger partial charge in [-0.2, -0.15) is 0 Å². The minimum atomic E-state index is -0.791. The van der Waals surface area contributed by atoms with Crippen LogP contribution >= 0.6 is 33.9 Å². The standard InChI is InChI=1S/C26H33IN4O4S/c1-15-20(36-14-29-15)17-7-5-16(6-8-17)12-28-22(33)19-11-18(32)13-31(19)23(34)21(25(2,3)4)30-24(35)26(27)9-10-26/h5-8,14,18-19,21,32H,9-13H2,1-4H3,(H,28,33)(H,30,35)/t18-,19+,21-/m1/s1. The molecular weight excluding hydrogens is 591 g/mol. The number of halogens is 1. The summed E-state index contributed by atoms with van der Waals surface area (Å²) in [7, 11) is 0. The van der Waals surface area contributed by atoms with Crippen LogP contribution < -0.4 is 10.6 Å². The quantitative estimate of drug-likeness (QED) is 0.324. The fourth-order valence-electron chi connectivity index (χ4n) is 4.38. The molecular formula is C26H33IN4O4S. The second kappa shape index (κ2) is 10.4. The summed E-state index contributed by atoms with van der Waals surface area (Å²) < 4.78 is -0.447. The second-order valence-corrected chi connectivity index (χ2v) is 13.7. The number of amides is 3. The number of aliphatic hydroxyl groups excluding tert-OH is 1. The number of alkyl halides is 1. The predicted molar refractivity (Wildman–Crippen MR) is 148 cm³/mol. The molecule has 3 amide bonds. The molecule has 1 saturated carbocycles. The molecule has 3 N–H and O–H groups in total. The van der Waals surface area contributed by atoms with E-state index < -0.39 is 27.0 Å². The van der Waals surface area contributed by atoms with Crippen molar-refractivity contribution in [2.45, 2.75) is 75.1 Å². The van der Waals surface area contributed by atoms with Crippen molar-refractivity contribution in [1.29, 1.82) is 0 Å². The highest BCUT2D eigenvalue weighted by atomic mass is 127. The van der Waals surface area contributed by atoms with Crippen molar-refractivity contribution < 1.29 is 19.5 Å². The van der Waals surface area contributed by atoms with E-state index in [-0.39, 0.29) is 30.7 Å². The number of carbonyl (C=O) groups is 3. The molecule has 8 nitrogen and oxygen atoms in total. The van der Waals surface area contributed by atoms with Crippen LogP contribution in [0.5, 0.6) is 0 Å². The molecule has 1 aromatic carbocycles. The summed E-state index contributed by atoms with van der Waals surface area (Å²) in [5.41, 5.74) is 4.27. The van der Waals surface area contributed by atoms with Gasteiger partial charge in [0.25, 0.3) is 0 Å². The summed E-state index contributed by atoms with van der Waals surface area (Å²) in [4.78, 5) is 46.3. The molecule has 2 aromatic rings. The second-order valence-electron chi connectivity index (χ2n) is 10.8. The Morgan fingerprint density at radius 2 is 1.92 bits per heavy atom. The number of aryl methyl sites for hydroxylation is 1. The van der Waals surface area contributed by atoms with E-state index in [0.717, 1.165) is 34.5 Å². The summed E-state index contributed by atoms with van der Waals surface area (Å²) >= 11 is 3.73. The number of thiazole rings is 1. The zero-order chi connectivity index (χ0) is 26.3. The van der Waals surface area contributed by atoms with Crippen LogP contribution in [0.2, 0.25) is 0 Å². The summed E-state index contributed by atoms with van der Waals surface area (Å²) in [6.07, 6.45) is 0.968. The monoisotopic (exact) mass is 624 g/mol. The Balaban J connectivity index is 1.42. The molecule has 1 aliphatic heterocycles. The molecule has 1 aliphatic carbocycles. The Bertz CT molecular complexity index is 1140. The first-order valence-corrected chi connectivity index (χ1v) is 14.1. The minimum absolute atomic E-state index is 0.0671. The number of benzene rings is 1. The average molecular weight is 625 g/mol. The lowest BCUT2D eigenvalue weighted by Gasteiger charge is -2.35. The molecule has 4 rings (SSSR count). The van der Waals surface area contributed by atoms with Crippen LogP contribution in [0.1, 0.15) is 51.3 Å².